The average molecular weight is 491 g/mol. The van der Waals surface area contributed by atoms with Gasteiger partial charge in [0.15, 0.2) is 0 Å². The van der Waals surface area contributed by atoms with Crippen molar-refractivity contribution >= 4 is 40.5 Å². The van der Waals surface area contributed by atoms with Crippen molar-refractivity contribution in [1.29, 1.82) is 0 Å². The number of aromatic amines is 1. The van der Waals surface area contributed by atoms with Gasteiger partial charge < -0.3 is 14.7 Å². The molecular weight excluding hydrogens is 468 g/mol. The Bertz CT molecular complexity index is 1400. The fraction of sp³-hybridized carbons (Fsp3) is 0.208. The lowest BCUT2D eigenvalue weighted by molar-refractivity contribution is -0.138. The van der Waals surface area contributed by atoms with Crippen LogP contribution in [0.25, 0.3) is 22.4 Å². The van der Waals surface area contributed by atoms with Crippen molar-refractivity contribution in [3.63, 3.8) is 0 Å². The number of para-hydroxylation sites is 1. The number of thioether (sulfide) groups is 1. The maximum absolute atomic E-state index is 12.9. The SMILES string of the molecule is CC1(CCc2ccccc2)NC(=O)N(NC(=O)CSc2nnc(-c3c[nH]c4ccccc34)o2)C1=O. The van der Waals surface area contributed by atoms with Crippen LogP contribution >= 0.6 is 11.8 Å². The maximum atomic E-state index is 12.9. The number of nitrogens with zero attached hydrogens (tertiary/aromatic N) is 3. The summed E-state index contributed by atoms with van der Waals surface area (Å²) in [6, 6.07) is 16.7. The van der Waals surface area contributed by atoms with Gasteiger partial charge in [-0.05, 0) is 31.4 Å². The molecule has 1 unspecified atom stereocenters. The van der Waals surface area contributed by atoms with Gasteiger partial charge in [-0.3, -0.25) is 15.0 Å². The molecule has 5 rings (SSSR count). The van der Waals surface area contributed by atoms with E-state index in [1.807, 2.05) is 54.6 Å². The number of hydrazine groups is 1. The Morgan fingerprint density at radius 3 is 2.71 bits per heavy atom. The van der Waals surface area contributed by atoms with E-state index in [9.17, 15) is 14.4 Å². The number of benzene rings is 2. The third kappa shape index (κ3) is 4.62. The summed E-state index contributed by atoms with van der Waals surface area (Å²) in [5.41, 5.74) is 4.04. The first kappa shape index (κ1) is 22.7. The van der Waals surface area contributed by atoms with Gasteiger partial charge in [0, 0.05) is 17.1 Å². The average Bonchev–Trinajstić information content (AvgIpc) is 3.56. The minimum absolute atomic E-state index is 0.118. The summed E-state index contributed by atoms with van der Waals surface area (Å²) >= 11 is 1.01. The summed E-state index contributed by atoms with van der Waals surface area (Å²) < 4.78 is 5.69. The summed E-state index contributed by atoms with van der Waals surface area (Å²) in [7, 11) is 0. The maximum Gasteiger partial charge on any atom is 0.344 e. The minimum Gasteiger partial charge on any atom is -0.411 e. The van der Waals surface area contributed by atoms with E-state index in [0.29, 0.717) is 18.7 Å². The number of H-pyrrole nitrogens is 1. The highest BCUT2D eigenvalue weighted by atomic mass is 32.2. The number of fused-ring (bicyclic) bond motifs is 1. The van der Waals surface area contributed by atoms with Crippen molar-refractivity contribution in [2.24, 2.45) is 0 Å². The van der Waals surface area contributed by atoms with E-state index < -0.39 is 23.4 Å². The predicted octanol–water partition coefficient (Wildman–Crippen LogP) is 3.28. The first-order chi connectivity index (χ1) is 16.9. The summed E-state index contributed by atoms with van der Waals surface area (Å²) in [6.07, 6.45) is 2.80. The Morgan fingerprint density at radius 2 is 1.89 bits per heavy atom. The highest BCUT2D eigenvalue weighted by molar-refractivity contribution is 7.99. The monoisotopic (exact) mass is 490 g/mol. The molecule has 2 aromatic heterocycles. The van der Waals surface area contributed by atoms with Crippen LogP contribution in [0.5, 0.6) is 0 Å². The van der Waals surface area contributed by atoms with Gasteiger partial charge in [0.2, 0.25) is 5.91 Å². The van der Waals surface area contributed by atoms with Crippen LogP contribution in [-0.4, -0.2) is 49.3 Å². The molecule has 0 bridgehead atoms. The molecule has 35 heavy (non-hydrogen) atoms. The second-order valence-electron chi connectivity index (χ2n) is 8.33. The molecule has 178 valence electrons. The smallest absolute Gasteiger partial charge is 0.344 e. The number of imide groups is 1. The summed E-state index contributed by atoms with van der Waals surface area (Å²) in [5.74, 6) is -0.838. The number of hydrogen-bond acceptors (Lipinski definition) is 7. The highest BCUT2D eigenvalue weighted by Gasteiger charge is 2.48. The number of carbonyl (C=O) groups excluding carboxylic acids is 3. The number of carbonyl (C=O) groups is 3. The molecule has 0 aliphatic carbocycles. The van der Waals surface area contributed by atoms with Crippen molar-refractivity contribution in [2.45, 2.75) is 30.5 Å². The second-order valence-corrected chi connectivity index (χ2v) is 9.26. The van der Waals surface area contributed by atoms with Crippen LogP contribution < -0.4 is 10.7 Å². The predicted molar refractivity (Wildman–Crippen MR) is 129 cm³/mol. The summed E-state index contributed by atoms with van der Waals surface area (Å²) in [4.78, 5) is 40.9. The normalized spacial score (nSPS) is 17.7. The largest absolute Gasteiger partial charge is 0.411 e. The van der Waals surface area contributed by atoms with E-state index in [1.54, 1.807) is 13.1 Å². The molecule has 0 spiro atoms. The van der Waals surface area contributed by atoms with Crippen molar-refractivity contribution in [1.82, 2.24) is 30.9 Å². The molecule has 11 heteroatoms. The van der Waals surface area contributed by atoms with Crippen molar-refractivity contribution < 1.29 is 18.8 Å². The molecule has 4 aromatic rings. The first-order valence-corrected chi connectivity index (χ1v) is 11.9. The Morgan fingerprint density at radius 1 is 1.11 bits per heavy atom. The topological polar surface area (TPSA) is 133 Å². The zero-order valence-corrected chi connectivity index (χ0v) is 19.6. The van der Waals surface area contributed by atoms with Gasteiger partial charge in [-0.25, -0.2) is 4.79 Å². The van der Waals surface area contributed by atoms with Crippen LogP contribution in [-0.2, 0) is 16.0 Å². The Hall–Kier alpha value is -4.12. The molecule has 3 N–H and O–H groups in total. The number of hydrogen-bond donors (Lipinski definition) is 3. The number of amides is 4. The van der Waals surface area contributed by atoms with Gasteiger partial charge in [-0.2, -0.15) is 5.01 Å². The van der Waals surface area contributed by atoms with Crippen LogP contribution in [0.1, 0.15) is 18.9 Å². The van der Waals surface area contributed by atoms with Gasteiger partial charge in [-0.1, -0.05) is 60.3 Å². The molecule has 4 amide bonds. The van der Waals surface area contributed by atoms with Crippen LogP contribution in [0.15, 0.2) is 70.4 Å². The molecule has 1 aliphatic rings. The second kappa shape index (κ2) is 9.26. The first-order valence-electron chi connectivity index (χ1n) is 11.0. The molecule has 0 radical (unpaired) electrons. The van der Waals surface area contributed by atoms with Crippen LogP contribution in [0, 0.1) is 0 Å². The lowest BCUT2D eigenvalue weighted by Gasteiger charge is -2.21. The van der Waals surface area contributed by atoms with Crippen molar-refractivity contribution in [2.75, 3.05) is 5.75 Å². The molecule has 1 aliphatic heterocycles. The molecule has 1 atom stereocenters. The third-order valence-electron chi connectivity index (χ3n) is 5.81. The summed E-state index contributed by atoms with van der Waals surface area (Å²) in [5, 5.41) is 12.6. The molecular formula is C24H22N6O4S. The van der Waals surface area contributed by atoms with Crippen molar-refractivity contribution in [3.05, 3.63) is 66.4 Å². The van der Waals surface area contributed by atoms with E-state index >= 15 is 0 Å². The Kier molecular flexibility index (Phi) is 6.00. The summed E-state index contributed by atoms with van der Waals surface area (Å²) in [6.45, 7) is 1.65. The zero-order valence-electron chi connectivity index (χ0n) is 18.8. The van der Waals surface area contributed by atoms with E-state index in [1.165, 1.54) is 0 Å². The molecule has 1 fully saturated rings. The van der Waals surface area contributed by atoms with Gasteiger partial charge in [0.05, 0.1) is 11.3 Å². The van der Waals surface area contributed by atoms with Gasteiger partial charge in [-0.15, -0.1) is 10.2 Å². The van der Waals surface area contributed by atoms with Gasteiger partial charge in [0.1, 0.15) is 5.54 Å². The fourth-order valence-corrected chi connectivity index (χ4v) is 4.46. The molecule has 0 saturated carbocycles. The van der Waals surface area contributed by atoms with Crippen LogP contribution in [0.2, 0.25) is 0 Å². The lowest BCUT2D eigenvalue weighted by Crippen LogP contribution is -2.49. The minimum atomic E-state index is -1.10. The number of aryl methyl sites for hydroxylation is 1. The Labute approximate surface area is 204 Å². The number of urea groups is 1. The highest BCUT2D eigenvalue weighted by Crippen LogP contribution is 2.29. The zero-order chi connectivity index (χ0) is 24.4. The van der Waals surface area contributed by atoms with Gasteiger partial charge in [0.25, 0.3) is 17.0 Å². The van der Waals surface area contributed by atoms with E-state index in [0.717, 1.165) is 38.8 Å². The van der Waals surface area contributed by atoms with Crippen LogP contribution in [0.3, 0.4) is 0 Å². The van der Waals surface area contributed by atoms with E-state index in [4.69, 9.17) is 4.42 Å². The molecule has 3 heterocycles. The van der Waals surface area contributed by atoms with Gasteiger partial charge >= 0.3 is 6.03 Å². The standard InChI is InChI=1S/C24H22N6O4S/c1-24(12-11-15-7-3-2-4-8-15)21(32)30(22(33)26-24)29-19(31)14-35-23-28-27-20(34-23)17-13-25-18-10-6-5-9-16(17)18/h2-10,13,25H,11-12,14H2,1H3,(H,26,33)(H,29,31). The number of rotatable bonds is 8. The van der Waals surface area contributed by atoms with Crippen LogP contribution in [0.4, 0.5) is 4.79 Å². The number of aromatic nitrogens is 3. The fourth-order valence-electron chi connectivity index (χ4n) is 3.90. The quantitative estimate of drug-likeness (QED) is 0.255. The molecule has 1 saturated heterocycles. The molecule has 2 aromatic carbocycles. The lowest BCUT2D eigenvalue weighted by atomic mass is 9.93. The van der Waals surface area contributed by atoms with Crippen molar-refractivity contribution in [3.8, 4) is 11.5 Å². The van der Waals surface area contributed by atoms with E-state index in [-0.39, 0.29) is 11.0 Å². The Balaban J connectivity index is 1.17. The van der Waals surface area contributed by atoms with E-state index in [2.05, 4.69) is 25.9 Å². The third-order valence-corrected chi connectivity index (χ3v) is 6.63. The number of nitrogens with one attached hydrogen (secondary N) is 3. The molecule has 10 nitrogen and oxygen atoms in total.